The zero-order valence-corrected chi connectivity index (χ0v) is 15.8. The van der Waals surface area contributed by atoms with E-state index in [-0.39, 0.29) is 11.7 Å². The average molecular weight is 411 g/mol. The van der Waals surface area contributed by atoms with E-state index in [1.54, 1.807) is 36.7 Å². The molecule has 4 rings (SSSR count). The standard InChI is InChI=1S/C21H16F3N5O/c1-29-18(30)20(28-19(29)25,17-11-16(7-9-27-17)21(22,23)24)15-6-2-4-13(10-15)14-5-3-8-26-12-14/h2-12H,1H3,(H2,25,28). The van der Waals surface area contributed by atoms with Gasteiger partial charge in [0, 0.05) is 25.6 Å². The van der Waals surface area contributed by atoms with E-state index in [9.17, 15) is 18.0 Å². The van der Waals surface area contributed by atoms with Crippen molar-refractivity contribution in [1.82, 2.24) is 14.9 Å². The lowest BCUT2D eigenvalue weighted by Gasteiger charge is -2.26. The fraction of sp³-hybridized carbons (Fsp3) is 0.143. The van der Waals surface area contributed by atoms with Gasteiger partial charge in [-0.25, -0.2) is 4.99 Å². The summed E-state index contributed by atoms with van der Waals surface area (Å²) in [6.07, 6.45) is -0.308. The van der Waals surface area contributed by atoms with Crippen LogP contribution in [0.4, 0.5) is 13.2 Å². The molecule has 2 aromatic heterocycles. The molecule has 0 spiro atoms. The van der Waals surface area contributed by atoms with Gasteiger partial charge in [0.25, 0.3) is 5.91 Å². The zero-order valence-electron chi connectivity index (χ0n) is 15.8. The van der Waals surface area contributed by atoms with Crippen LogP contribution in [0.2, 0.25) is 0 Å². The highest BCUT2D eigenvalue weighted by atomic mass is 19.4. The van der Waals surface area contributed by atoms with Crippen molar-refractivity contribution in [3.63, 3.8) is 0 Å². The Bertz CT molecular complexity index is 1150. The number of alkyl halides is 3. The highest BCUT2D eigenvalue weighted by molar-refractivity contribution is 6.08. The number of carbonyl (C=O) groups is 1. The summed E-state index contributed by atoms with van der Waals surface area (Å²) in [5, 5.41) is 0. The summed E-state index contributed by atoms with van der Waals surface area (Å²) in [6, 6.07) is 12.1. The Morgan fingerprint density at radius 3 is 2.43 bits per heavy atom. The number of halogens is 3. The summed E-state index contributed by atoms with van der Waals surface area (Å²) in [6.45, 7) is 0. The lowest BCUT2D eigenvalue weighted by atomic mass is 9.84. The molecule has 30 heavy (non-hydrogen) atoms. The van der Waals surface area contributed by atoms with Crippen LogP contribution < -0.4 is 5.73 Å². The Balaban J connectivity index is 1.95. The van der Waals surface area contributed by atoms with Gasteiger partial charge in [0.1, 0.15) is 0 Å². The molecule has 9 heteroatoms. The third-order valence-corrected chi connectivity index (χ3v) is 4.97. The number of carbonyl (C=O) groups excluding carboxylic acids is 1. The topological polar surface area (TPSA) is 84.5 Å². The Kier molecular flexibility index (Phi) is 4.53. The van der Waals surface area contributed by atoms with Crippen molar-refractivity contribution >= 4 is 11.9 Å². The lowest BCUT2D eigenvalue weighted by molar-refractivity contribution is -0.138. The Morgan fingerprint density at radius 1 is 1.03 bits per heavy atom. The van der Waals surface area contributed by atoms with Crippen molar-refractivity contribution < 1.29 is 18.0 Å². The van der Waals surface area contributed by atoms with Crippen molar-refractivity contribution in [2.45, 2.75) is 11.7 Å². The molecular formula is C21H16F3N5O. The fourth-order valence-corrected chi connectivity index (χ4v) is 3.41. The van der Waals surface area contributed by atoms with E-state index in [1.165, 1.54) is 7.05 Å². The van der Waals surface area contributed by atoms with Gasteiger partial charge in [0.2, 0.25) is 5.54 Å². The van der Waals surface area contributed by atoms with E-state index < -0.39 is 23.2 Å². The molecule has 2 N–H and O–H groups in total. The first-order chi connectivity index (χ1) is 14.2. The third-order valence-electron chi connectivity index (χ3n) is 4.97. The number of likely N-dealkylation sites (N-methyl/N-ethyl adjacent to an activating group) is 1. The second-order valence-corrected chi connectivity index (χ2v) is 6.79. The van der Waals surface area contributed by atoms with Crippen molar-refractivity contribution in [2.75, 3.05) is 7.05 Å². The van der Waals surface area contributed by atoms with Crippen molar-refractivity contribution in [3.8, 4) is 11.1 Å². The second kappa shape index (κ2) is 6.94. The van der Waals surface area contributed by atoms with E-state index >= 15 is 0 Å². The first kappa shape index (κ1) is 19.6. The van der Waals surface area contributed by atoms with Gasteiger partial charge in [0.05, 0.1) is 11.3 Å². The van der Waals surface area contributed by atoms with Crippen LogP contribution in [0.5, 0.6) is 0 Å². The highest BCUT2D eigenvalue weighted by Crippen LogP contribution is 2.41. The van der Waals surface area contributed by atoms with Gasteiger partial charge in [-0.1, -0.05) is 24.3 Å². The quantitative estimate of drug-likeness (QED) is 0.717. The van der Waals surface area contributed by atoms with Crippen LogP contribution in [0, 0.1) is 0 Å². The summed E-state index contributed by atoms with van der Waals surface area (Å²) in [5.41, 5.74) is 4.85. The Labute approximate surface area is 169 Å². The number of benzene rings is 1. The van der Waals surface area contributed by atoms with E-state index in [1.807, 2.05) is 12.1 Å². The van der Waals surface area contributed by atoms with Crippen LogP contribution in [0.15, 0.2) is 72.1 Å². The molecule has 0 bridgehead atoms. The molecule has 0 saturated carbocycles. The zero-order chi connectivity index (χ0) is 21.5. The molecule has 1 amide bonds. The first-order valence-electron chi connectivity index (χ1n) is 8.91. The molecule has 0 saturated heterocycles. The number of guanidine groups is 1. The molecule has 3 aromatic rings. The van der Waals surface area contributed by atoms with Gasteiger partial charge in [-0.05, 0) is 41.0 Å². The number of aliphatic imine (C=N–C) groups is 1. The molecule has 3 heterocycles. The second-order valence-electron chi connectivity index (χ2n) is 6.79. The van der Waals surface area contributed by atoms with Gasteiger partial charge >= 0.3 is 6.18 Å². The van der Waals surface area contributed by atoms with E-state index in [0.29, 0.717) is 5.56 Å². The number of hydrogen-bond donors (Lipinski definition) is 1. The van der Waals surface area contributed by atoms with Gasteiger partial charge < -0.3 is 5.73 Å². The van der Waals surface area contributed by atoms with Crippen LogP contribution in [-0.4, -0.2) is 33.8 Å². The molecule has 6 nitrogen and oxygen atoms in total. The number of nitrogens with two attached hydrogens (primary N) is 1. The predicted octanol–water partition coefficient (Wildman–Crippen LogP) is 3.19. The van der Waals surface area contributed by atoms with Crippen molar-refractivity contribution in [2.24, 2.45) is 10.7 Å². The lowest BCUT2D eigenvalue weighted by Crippen LogP contribution is -2.41. The maximum Gasteiger partial charge on any atom is 0.416 e. The SMILES string of the molecule is CN1C(=O)C(c2cccc(-c3cccnc3)c2)(c2cc(C(F)(F)F)ccn2)N=C1N. The molecule has 1 aliphatic heterocycles. The molecule has 1 aliphatic rings. The van der Waals surface area contributed by atoms with E-state index in [2.05, 4.69) is 15.0 Å². The minimum atomic E-state index is -4.60. The Hall–Kier alpha value is -3.75. The molecule has 0 radical (unpaired) electrons. The van der Waals surface area contributed by atoms with Crippen molar-refractivity contribution in [1.29, 1.82) is 0 Å². The number of rotatable bonds is 3. The number of amides is 1. The average Bonchev–Trinajstić information content (AvgIpc) is 2.99. The summed E-state index contributed by atoms with van der Waals surface area (Å²) in [7, 11) is 1.42. The maximum absolute atomic E-state index is 13.3. The molecule has 1 unspecified atom stereocenters. The van der Waals surface area contributed by atoms with Gasteiger partial charge in [-0.15, -0.1) is 0 Å². The molecule has 1 aromatic carbocycles. The van der Waals surface area contributed by atoms with Crippen LogP contribution in [-0.2, 0) is 16.5 Å². The van der Waals surface area contributed by atoms with Crippen LogP contribution >= 0.6 is 0 Å². The molecule has 0 fully saturated rings. The minimum Gasteiger partial charge on any atom is -0.369 e. The summed E-state index contributed by atoms with van der Waals surface area (Å²) >= 11 is 0. The van der Waals surface area contributed by atoms with Gasteiger partial charge in [-0.2, -0.15) is 13.2 Å². The van der Waals surface area contributed by atoms with Crippen LogP contribution in [0.1, 0.15) is 16.8 Å². The summed E-state index contributed by atoms with van der Waals surface area (Å²) in [5.74, 6) is -0.693. The predicted molar refractivity (Wildman–Crippen MR) is 104 cm³/mol. The largest absolute Gasteiger partial charge is 0.416 e. The number of nitrogens with zero attached hydrogens (tertiary/aromatic N) is 4. The van der Waals surface area contributed by atoms with Crippen LogP contribution in [0.3, 0.4) is 0 Å². The van der Waals surface area contributed by atoms with Crippen LogP contribution in [0.25, 0.3) is 11.1 Å². The fourth-order valence-electron chi connectivity index (χ4n) is 3.41. The minimum absolute atomic E-state index is 0.106. The van der Waals surface area contributed by atoms with Gasteiger partial charge in [0.15, 0.2) is 5.96 Å². The Morgan fingerprint density at radius 2 is 1.80 bits per heavy atom. The molecule has 1 atom stereocenters. The third kappa shape index (κ3) is 3.08. The smallest absolute Gasteiger partial charge is 0.369 e. The number of aromatic nitrogens is 2. The van der Waals surface area contributed by atoms with E-state index in [4.69, 9.17) is 5.73 Å². The maximum atomic E-state index is 13.3. The highest BCUT2D eigenvalue weighted by Gasteiger charge is 2.51. The number of hydrogen-bond acceptors (Lipinski definition) is 5. The monoisotopic (exact) mass is 411 g/mol. The van der Waals surface area contributed by atoms with Gasteiger partial charge in [-0.3, -0.25) is 19.7 Å². The normalized spacial score (nSPS) is 19.1. The summed E-state index contributed by atoms with van der Waals surface area (Å²) < 4.78 is 40.0. The van der Waals surface area contributed by atoms with Crippen molar-refractivity contribution in [3.05, 3.63) is 83.9 Å². The summed E-state index contributed by atoms with van der Waals surface area (Å²) in [4.78, 5) is 26.8. The molecule has 0 aliphatic carbocycles. The molecule has 152 valence electrons. The molecular weight excluding hydrogens is 395 g/mol. The van der Waals surface area contributed by atoms with E-state index in [0.717, 1.165) is 34.4 Å². The first-order valence-corrected chi connectivity index (χ1v) is 8.91. The number of pyridine rings is 2.